The molecule has 0 N–H and O–H groups in total. The molecule has 4 nitrogen and oxygen atoms in total. The quantitative estimate of drug-likeness (QED) is 0.830. The summed E-state index contributed by atoms with van der Waals surface area (Å²) in [5.74, 6) is 0.805. The second-order valence-corrected chi connectivity index (χ2v) is 7.72. The topological polar surface area (TPSA) is 41.9 Å². The van der Waals surface area contributed by atoms with E-state index in [-0.39, 0.29) is 11.3 Å². The van der Waals surface area contributed by atoms with Crippen LogP contribution in [0.25, 0.3) is 0 Å². The Balaban J connectivity index is 2.16. The van der Waals surface area contributed by atoms with E-state index in [0.29, 0.717) is 18.7 Å². The monoisotopic (exact) mass is 348 g/mol. The smallest absolute Gasteiger partial charge is 0.251 e. The number of likely N-dealkylation sites (N-methyl/N-ethyl adjacent to an activating group) is 1. The minimum atomic E-state index is -0.0773. The van der Waals surface area contributed by atoms with Crippen molar-refractivity contribution in [3.63, 3.8) is 0 Å². The highest BCUT2D eigenvalue weighted by molar-refractivity contribution is 6.31. The zero-order valence-electron chi connectivity index (χ0n) is 15.2. The molecule has 0 bridgehead atoms. The minimum Gasteiger partial charge on any atom is -0.487 e. The van der Waals surface area contributed by atoms with Crippen molar-refractivity contribution in [2.45, 2.75) is 33.1 Å². The molecule has 0 saturated heterocycles. The lowest BCUT2D eigenvalue weighted by Gasteiger charge is -2.24. The van der Waals surface area contributed by atoms with Crippen LogP contribution in [0.1, 0.15) is 31.9 Å². The van der Waals surface area contributed by atoms with E-state index in [0.717, 1.165) is 27.6 Å². The van der Waals surface area contributed by atoms with E-state index >= 15 is 0 Å². The third-order valence-corrected chi connectivity index (χ3v) is 4.33. The molecule has 0 spiro atoms. The Morgan fingerprint density at radius 1 is 1.33 bits per heavy atom. The maximum absolute atomic E-state index is 12.0. The number of carbonyl (C=O) groups is 1. The molecule has 0 radical (unpaired) electrons. The van der Waals surface area contributed by atoms with Gasteiger partial charge in [0.25, 0.3) is 5.91 Å². The highest BCUT2D eigenvalue weighted by Crippen LogP contribution is 2.35. The summed E-state index contributed by atoms with van der Waals surface area (Å²) in [5.41, 5.74) is 3.44. The van der Waals surface area contributed by atoms with Crippen molar-refractivity contribution < 1.29 is 9.53 Å². The summed E-state index contributed by atoms with van der Waals surface area (Å²) in [4.78, 5) is 17.9. The van der Waals surface area contributed by atoms with Gasteiger partial charge in [0.2, 0.25) is 0 Å². The molecule has 24 heavy (non-hydrogen) atoms. The summed E-state index contributed by atoms with van der Waals surface area (Å²) in [7, 11) is 3.48. The largest absolute Gasteiger partial charge is 0.487 e. The second-order valence-electron chi connectivity index (χ2n) is 7.31. The van der Waals surface area contributed by atoms with E-state index in [9.17, 15) is 4.79 Å². The van der Waals surface area contributed by atoms with Crippen LogP contribution in [0.3, 0.4) is 0 Å². The molecule has 5 heteroatoms. The number of hydrogen-bond donors (Lipinski definition) is 0. The van der Waals surface area contributed by atoms with Gasteiger partial charge in [-0.05, 0) is 36.1 Å². The van der Waals surface area contributed by atoms with Gasteiger partial charge in [0.05, 0.1) is 12.3 Å². The molecule has 0 aromatic heterocycles. The Labute approximate surface area is 149 Å². The number of benzene rings is 1. The van der Waals surface area contributed by atoms with Crippen molar-refractivity contribution in [2.75, 3.05) is 27.2 Å². The molecule has 1 heterocycles. The van der Waals surface area contributed by atoms with Crippen LogP contribution < -0.4 is 4.74 Å². The number of nitrogens with zero attached hydrogens (tertiary/aromatic N) is 2. The zero-order chi connectivity index (χ0) is 18.1. The standard InChI is InChI=1S/C19H25ClN2O2/c1-12-7-17(15(9-16(12)20)19(2,3)4)24-11-14-8-13(10-21-14)18(23)22(5)6/h7-9H,10-11H2,1-6H3. The lowest BCUT2D eigenvalue weighted by atomic mass is 9.86. The predicted molar refractivity (Wildman–Crippen MR) is 99.5 cm³/mol. The number of rotatable bonds is 4. The van der Waals surface area contributed by atoms with Crippen LogP contribution in [0.4, 0.5) is 0 Å². The fraction of sp³-hybridized carbons (Fsp3) is 0.474. The van der Waals surface area contributed by atoms with Crippen molar-refractivity contribution in [1.82, 2.24) is 4.90 Å². The number of ether oxygens (including phenoxy) is 1. The molecule has 0 saturated carbocycles. The van der Waals surface area contributed by atoms with Crippen molar-refractivity contribution in [2.24, 2.45) is 4.99 Å². The van der Waals surface area contributed by atoms with Gasteiger partial charge >= 0.3 is 0 Å². The number of amides is 1. The Morgan fingerprint density at radius 2 is 2.00 bits per heavy atom. The molecular weight excluding hydrogens is 324 g/mol. The molecule has 1 amide bonds. The lowest BCUT2D eigenvalue weighted by molar-refractivity contribution is -0.124. The first-order valence-electron chi connectivity index (χ1n) is 7.98. The minimum absolute atomic E-state index is 0.00790. The molecule has 0 fully saturated rings. The summed E-state index contributed by atoms with van der Waals surface area (Å²) in [6.07, 6.45) is 1.82. The number of carbonyl (C=O) groups excluding carboxylic acids is 1. The van der Waals surface area contributed by atoms with Crippen LogP contribution in [0.2, 0.25) is 5.02 Å². The summed E-state index contributed by atoms with van der Waals surface area (Å²) < 4.78 is 6.01. The van der Waals surface area contributed by atoms with Gasteiger partial charge in [-0.1, -0.05) is 32.4 Å². The summed E-state index contributed by atoms with van der Waals surface area (Å²) in [6, 6.07) is 3.94. The predicted octanol–water partition coefficient (Wildman–Crippen LogP) is 3.79. The average molecular weight is 349 g/mol. The number of halogens is 1. The van der Waals surface area contributed by atoms with E-state index in [2.05, 4.69) is 25.8 Å². The van der Waals surface area contributed by atoms with Gasteiger partial charge in [0, 0.05) is 30.3 Å². The van der Waals surface area contributed by atoms with Crippen LogP contribution in [-0.4, -0.2) is 43.8 Å². The Bertz CT molecular complexity index is 713. The molecule has 130 valence electrons. The van der Waals surface area contributed by atoms with Crippen LogP contribution in [0, 0.1) is 6.92 Å². The van der Waals surface area contributed by atoms with Gasteiger partial charge in [-0.2, -0.15) is 0 Å². The summed E-state index contributed by atoms with van der Waals surface area (Å²) >= 11 is 6.27. The van der Waals surface area contributed by atoms with Gasteiger partial charge < -0.3 is 9.64 Å². The maximum atomic E-state index is 12.0. The summed E-state index contributed by atoms with van der Waals surface area (Å²) in [5, 5.41) is 0.740. The SMILES string of the molecule is Cc1cc(OCC2=NCC(C(=O)N(C)C)=C2)c(C(C)(C)C)cc1Cl. The van der Waals surface area contributed by atoms with Crippen LogP contribution in [0.5, 0.6) is 5.75 Å². The summed E-state index contributed by atoms with van der Waals surface area (Å²) in [6.45, 7) is 9.10. The number of aliphatic imine (C=N–C) groups is 1. The van der Waals surface area contributed by atoms with Gasteiger partial charge in [0.1, 0.15) is 12.4 Å². The first-order valence-corrected chi connectivity index (χ1v) is 8.36. The van der Waals surface area contributed by atoms with Crippen molar-refractivity contribution >= 4 is 23.2 Å². The molecule has 0 atom stereocenters. The second kappa shape index (κ2) is 6.98. The molecular formula is C19H25ClN2O2. The molecule has 1 aliphatic rings. The fourth-order valence-electron chi connectivity index (χ4n) is 2.50. The first kappa shape index (κ1) is 18.5. The van der Waals surface area contributed by atoms with Crippen LogP contribution in [-0.2, 0) is 10.2 Å². The van der Waals surface area contributed by atoms with Crippen LogP contribution >= 0.6 is 11.6 Å². The van der Waals surface area contributed by atoms with E-state index < -0.39 is 0 Å². The van der Waals surface area contributed by atoms with Gasteiger partial charge in [-0.3, -0.25) is 9.79 Å². The van der Waals surface area contributed by atoms with E-state index in [1.54, 1.807) is 19.0 Å². The van der Waals surface area contributed by atoms with E-state index in [4.69, 9.17) is 16.3 Å². The third-order valence-electron chi connectivity index (χ3n) is 3.92. The number of aryl methyl sites for hydroxylation is 1. The zero-order valence-corrected chi connectivity index (χ0v) is 16.0. The molecule has 0 aliphatic carbocycles. The Morgan fingerprint density at radius 3 is 2.58 bits per heavy atom. The molecule has 2 rings (SSSR count). The van der Waals surface area contributed by atoms with Crippen molar-refractivity contribution in [3.8, 4) is 5.75 Å². The third kappa shape index (κ3) is 4.18. The van der Waals surface area contributed by atoms with Gasteiger partial charge in [-0.15, -0.1) is 0 Å². The van der Waals surface area contributed by atoms with Crippen molar-refractivity contribution in [3.05, 3.63) is 39.9 Å². The Kier molecular flexibility index (Phi) is 5.38. The van der Waals surface area contributed by atoms with Crippen LogP contribution in [0.15, 0.2) is 28.8 Å². The van der Waals surface area contributed by atoms with E-state index in [1.807, 2.05) is 25.1 Å². The highest BCUT2D eigenvalue weighted by atomic mass is 35.5. The molecule has 1 aromatic carbocycles. The molecule has 1 aromatic rings. The maximum Gasteiger partial charge on any atom is 0.251 e. The number of hydrogen-bond acceptors (Lipinski definition) is 3. The Hall–Kier alpha value is -1.81. The molecule has 0 unspecified atom stereocenters. The lowest BCUT2D eigenvalue weighted by Crippen LogP contribution is -2.24. The first-order chi connectivity index (χ1) is 11.1. The van der Waals surface area contributed by atoms with Gasteiger partial charge in [0.15, 0.2) is 0 Å². The molecule has 1 aliphatic heterocycles. The normalized spacial score (nSPS) is 14.3. The highest BCUT2D eigenvalue weighted by Gasteiger charge is 2.22. The van der Waals surface area contributed by atoms with Gasteiger partial charge in [-0.25, -0.2) is 0 Å². The fourth-order valence-corrected chi connectivity index (χ4v) is 2.66. The average Bonchev–Trinajstić information content (AvgIpc) is 2.94. The van der Waals surface area contributed by atoms with E-state index in [1.165, 1.54) is 0 Å². The van der Waals surface area contributed by atoms with Crippen molar-refractivity contribution in [1.29, 1.82) is 0 Å².